The maximum absolute atomic E-state index is 10.4. The van der Waals surface area contributed by atoms with Gasteiger partial charge in [-0.3, -0.25) is 0 Å². The van der Waals surface area contributed by atoms with Gasteiger partial charge in [0.2, 0.25) is 0 Å². The predicted molar refractivity (Wildman–Crippen MR) is 34.3 cm³/mol. The molecule has 48 valence electrons. The maximum atomic E-state index is 10.4. The van der Waals surface area contributed by atoms with Gasteiger partial charge in [0.15, 0.2) is 0 Å². The standard InChI is InChI=1S/C5H10O2S/c1-7-5(6)4-8(2)3/h4H,1-3H3/b5-4+. The third kappa shape index (κ3) is 3.87. The molecule has 0 spiro atoms. The van der Waals surface area contributed by atoms with E-state index in [-0.39, 0.29) is 16.8 Å². The highest BCUT2D eigenvalue weighted by Gasteiger charge is 1.92. The first kappa shape index (κ1) is 7.69. The minimum Gasteiger partial charge on any atom is -0.614 e. The van der Waals surface area contributed by atoms with E-state index in [0.717, 1.165) is 0 Å². The minimum atomic E-state index is -0.238. The van der Waals surface area contributed by atoms with Crippen LogP contribution in [0, 0.1) is 0 Å². The number of hydrogen-bond acceptors (Lipinski definition) is 2. The van der Waals surface area contributed by atoms with Gasteiger partial charge in [-0.1, -0.05) is 0 Å². The van der Waals surface area contributed by atoms with Crippen LogP contribution in [0.4, 0.5) is 0 Å². The smallest absolute Gasteiger partial charge is 0.140 e. The lowest BCUT2D eigenvalue weighted by Crippen LogP contribution is -2.07. The second-order valence-electron chi connectivity index (χ2n) is 1.52. The predicted octanol–water partition coefficient (Wildman–Crippen LogP) is -0.330. The Kier molecular flexibility index (Phi) is 3.52. The van der Waals surface area contributed by atoms with E-state index in [2.05, 4.69) is 4.74 Å². The van der Waals surface area contributed by atoms with Gasteiger partial charge in [-0.15, -0.1) is 0 Å². The van der Waals surface area contributed by atoms with Gasteiger partial charge in [0.1, 0.15) is 17.9 Å². The summed E-state index contributed by atoms with van der Waals surface area (Å²) in [5.74, 6) is -0.238. The molecule has 0 heterocycles. The van der Waals surface area contributed by atoms with Gasteiger partial charge in [-0.25, -0.2) is 0 Å². The molecule has 0 aliphatic carbocycles. The highest BCUT2D eigenvalue weighted by Crippen LogP contribution is 1.90. The summed E-state index contributed by atoms with van der Waals surface area (Å²) in [7, 11) is 1.44. The van der Waals surface area contributed by atoms with Gasteiger partial charge in [0.25, 0.3) is 0 Å². The van der Waals surface area contributed by atoms with Crippen molar-refractivity contribution in [2.24, 2.45) is 0 Å². The molecule has 8 heavy (non-hydrogen) atoms. The van der Waals surface area contributed by atoms with E-state index in [1.165, 1.54) is 7.11 Å². The molecule has 0 radical (unpaired) electrons. The summed E-state index contributed by atoms with van der Waals surface area (Å²) in [5.41, 5.74) is 0. The normalized spacial score (nSPS) is 12.2. The zero-order chi connectivity index (χ0) is 6.57. The van der Waals surface area contributed by atoms with Crippen LogP contribution in [-0.2, 0) is 15.6 Å². The Morgan fingerprint density at radius 3 is 2.25 bits per heavy atom. The van der Waals surface area contributed by atoms with E-state index in [1.807, 2.05) is 12.5 Å². The average molecular weight is 134 g/mol. The van der Waals surface area contributed by atoms with Crippen molar-refractivity contribution in [2.75, 3.05) is 19.6 Å². The number of hydrogen-bond donors (Lipinski definition) is 0. The third-order valence-electron chi connectivity index (χ3n) is 0.533. The summed E-state index contributed by atoms with van der Waals surface area (Å²) in [6.07, 6.45) is 3.91. The summed E-state index contributed by atoms with van der Waals surface area (Å²) in [6.45, 7) is 0. The fourth-order valence-corrected chi connectivity index (χ4v) is 0.722. The largest absolute Gasteiger partial charge is 0.614 e. The summed E-state index contributed by atoms with van der Waals surface area (Å²) in [4.78, 5) is 0. The Labute approximate surface area is 52.5 Å². The average Bonchev–Trinajstić information content (AvgIpc) is 1.65. The van der Waals surface area contributed by atoms with Crippen molar-refractivity contribution in [3.05, 3.63) is 11.4 Å². The summed E-state index contributed by atoms with van der Waals surface area (Å²) < 4.78 is 4.37. The van der Waals surface area contributed by atoms with Gasteiger partial charge in [0.05, 0.1) is 5.95 Å². The molecule has 0 aromatic heterocycles. The van der Waals surface area contributed by atoms with Gasteiger partial charge >= 0.3 is 0 Å². The molecule has 0 aromatic rings. The van der Waals surface area contributed by atoms with E-state index in [4.69, 9.17) is 0 Å². The van der Waals surface area contributed by atoms with Crippen molar-refractivity contribution >= 4 is 10.9 Å². The van der Waals surface area contributed by atoms with Gasteiger partial charge in [-0.05, 0) is 7.11 Å². The molecule has 0 saturated carbocycles. The molecule has 0 bridgehead atoms. The molecule has 0 N–H and O–H groups in total. The highest BCUT2D eigenvalue weighted by molar-refractivity contribution is 7.98. The van der Waals surface area contributed by atoms with Crippen molar-refractivity contribution in [2.45, 2.75) is 0 Å². The van der Waals surface area contributed by atoms with E-state index < -0.39 is 0 Å². The fourth-order valence-electron chi connectivity index (χ4n) is 0.241. The Morgan fingerprint density at radius 2 is 2.12 bits per heavy atom. The molecule has 0 aromatic carbocycles. The first-order valence-electron chi connectivity index (χ1n) is 2.16. The van der Waals surface area contributed by atoms with Crippen LogP contribution in [-0.4, -0.2) is 19.6 Å². The molecule has 0 saturated heterocycles. The van der Waals surface area contributed by atoms with E-state index in [1.54, 1.807) is 5.41 Å². The zero-order valence-electron chi connectivity index (χ0n) is 5.30. The monoisotopic (exact) mass is 134 g/mol. The number of methoxy groups -OCH3 is 1. The van der Waals surface area contributed by atoms with Crippen LogP contribution in [0.2, 0.25) is 0 Å². The lowest BCUT2D eigenvalue weighted by Gasteiger charge is -2.04. The molecular weight excluding hydrogens is 124 g/mol. The number of ether oxygens (including phenoxy) is 1. The fraction of sp³-hybridized carbons (Fsp3) is 0.600. The minimum absolute atomic E-state index is 0.0549. The molecule has 0 fully saturated rings. The zero-order valence-corrected chi connectivity index (χ0v) is 6.12. The van der Waals surface area contributed by atoms with Gasteiger partial charge in [0, 0.05) is 10.9 Å². The first-order valence-corrected chi connectivity index (χ1v) is 4.26. The molecule has 3 heteroatoms. The molecule has 0 atom stereocenters. The van der Waals surface area contributed by atoms with Crippen LogP contribution in [0.25, 0.3) is 0 Å². The van der Waals surface area contributed by atoms with Crippen LogP contribution in [0.5, 0.6) is 0 Å². The second-order valence-corrected chi connectivity index (χ2v) is 3.52. The van der Waals surface area contributed by atoms with Crippen LogP contribution in [0.15, 0.2) is 11.4 Å². The highest BCUT2D eigenvalue weighted by atomic mass is 32.2. The lowest BCUT2D eigenvalue weighted by atomic mass is 11.0. The Balaban J connectivity index is 3.56. The van der Waals surface area contributed by atoms with Crippen molar-refractivity contribution in [3.8, 4) is 0 Å². The van der Waals surface area contributed by atoms with E-state index in [0.29, 0.717) is 0 Å². The molecule has 0 unspecified atom stereocenters. The van der Waals surface area contributed by atoms with Crippen molar-refractivity contribution in [3.63, 3.8) is 0 Å². The Hall–Kier alpha value is -0.310. The Morgan fingerprint density at radius 1 is 1.62 bits per heavy atom. The quantitative estimate of drug-likeness (QED) is 0.382. The molecule has 0 rings (SSSR count). The lowest BCUT2D eigenvalue weighted by molar-refractivity contribution is -0.352. The van der Waals surface area contributed by atoms with Crippen molar-refractivity contribution < 1.29 is 9.84 Å². The second kappa shape index (κ2) is 3.66. The van der Waals surface area contributed by atoms with Crippen LogP contribution >= 0.6 is 0 Å². The Bertz CT molecular complexity index is 88.4. The van der Waals surface area contributed by atoms with E-state index >= 15 is 0 Å². The van der Waals surface area contributed by atoms with Gasteiger partial charge in [-0.2, -0.15) is 0 Å². The molecule has 0 aliphatic heterocycles. The first-order chi connectivity index (χ1) is 3.66. The topological polar surface area (TPSA) is 32.3 Å². The SMILES string of the molecule is CO/C([O-])=C/[S+](C)C. The molecule has 0 aliphatic rings. The molecule has 0 amide bonds. The summed E-state index contributed by atoms with van der Waals surface area (Å²) >= 11 is 0. The van der Waals surface area contributed by atoms with Crippen LogP contribution in [0.1, 0.15) is 0 Å². The van der Waals surface area contributed by atoms with Crippen LogP contribution < -0.4 is 5.11 Å². The van der Waals surface area contributed by atoms with Crippen molar-refractivity contribution in [1.82, 2.24) is 0 Å². The third-order valence-corrected chi connectivity index (χ3v) is 1.20. The van der Waals surface area contributed by atoms with Gasteiger partial charge < -0.3 is 9.84 Å². The van der Waals surface area contributed by atoms with E-state index in [9.17, 15) is 5.11 Å². The number of rotatable bonds is 2. The van der Waals surface area contributed by atoms with Crippen LogP contribution in [0.3, 0.4) is 0 Å². The van der Waals surface area contributed by atoms with Crippen molar-refractivity contribution in [1.29, 1.82) is 0 Å². The molecular formula is C5H10O2S. The maximum Gasteiger partial charge on any atom is 0.140 e. The summed E-state index contributed by atoms with van der Waals surface area (Å²) in [5, 5.41) is 11.9. The molecule has 2 nitrogen and oxygen atoms in total. The summed E-state index contributed by atoms with van der Waals surface area (Å²) in [6, 6.07) is 0.